The first-order valence-corrected chi connectivity index (χ1v) is 7.44. The zero-order valence-corrected chi connectivity index (χ0v) is 12.0. The molecule has 2 rings (SSSR count). The standard InChI is InChI=1S/C16H26N2O/c1-2-18(14-15-6-4-3-5-7-15)16-8-10-17(11-9-16)12-13-19/h3-7,16,19H,2,8-14H2,1H3. The van der Waals surface area contributed by atoms with Gasteiger partial charge in [-0.15, -0.1) is 0 Å². The lowest BCUT2D eigenvalue weighted by atomic mass is 10.0. The van der Waals surface area contributed by atoms with Gasteiger partial charge in [-0.1, -0.05) is 37.3 Å². The van der Waals surface area contributed by atoms with Crippen LogP contribution in [0.25, 0.3) is 0 Å². The lowest BCUT2D eigenvalue weighted by molar-refractivity contribution is 0.0951. The number of hydrogen-bond acceptors (Lipinski definition) is 3. The minimum Gasteiger partial charge on any atom is -0.395 e. The van der Waals surface area contributed by atoms with E-state index in [2.05, 4.69) is 47.1 Å². The maximum Gasteiger partial charge on any atom is 0.0558 e. The fraction of sp³-hybridized carbons (Fsp3) is 0.625. The molecule has 1 aliphatic heterocycles. The molecular weight excluding hydrogens is 236 g/mol. The molecule has 0 unspecified atom stereocenters. The van der Waals surface area contributed by atoms with Gasteiger partial charge in [0.15, 0.2) is 0 Å². The summed E-state index contributed by atoms with van der Waals surface area (Å²) in [6.45, 7) is 7.78. The lowest BCUT2D eigenvalue weighted by Crippen LogP contribution is -2.45. The molecule has 0 saturated carbocycles. The van der Waals surface area contributed by atoms with Crippen LogP contribution in [0.15, 0.2) is 30.3 Å². The minimum absolute atomic E-state index is 0.284. The van der Waals surface area contributed by atoms with Crippen LogP contribution in [0.1, 0.15) is 25.3 Å². The van der Waals surface area contributed by atoms with Crippen LogP contribution in [0.2, 0.25) is 0 Å². The molecule has 19 heavy (non-hydrogen) atoms. The largest absolute Gasteiger partial charge is 0.395 e. The van der Waals surface area contributed by atoms with Gasteiger partial charge in [-0.25, -0.2) is 0 Å². The third-order valence-corrected chi connectivity index (χ3v) is 4.12. The average molecular weight is 262 g/mol. The summed E-state index contributed by atoms with van der Waals surface area (Å²) >= 11 is 0. The summed E-state index contributed by atoms with van der Waals surface area (Å²) in [5.74, 6) is 0. The Kier molecular flexibility index (Phi) is 5.83. The van der Waals surface area contributed by atoms with E-state index in [1.165, 1.54) is 18.4 Å². The molecule has 0 bridgehead atoms. The highest BCUT2D eigenvalue weighted by Crippen LogP contribution is 2.18. The monoisotopic (exact) mass is 262 g/mol. The summed E-state index contributed by atoms with van der Waals surface area (Å²) in [4.78, 5) is 4.96. The summed E-state index contributed by atoms with van der Waals surface area (Å²) < 4.78 is 0. The maximum atomic E-state index is 8.98. The van der Waals surface area contributed by atoms with Crippen LogP contribution < -0.4 is 0 Å². The van der Waals surface area contributed by atoms with E-state index in [4.69, 9.17) is 5.11 Å². The number of hydrogen-bond donors (Lipinski definition) is 1. The molecule has 0 atom stereocenters. The molecular formula is C16H26N2O. The van der Waals surface area contributed by atoms with Gasteiger partial charge in [-0.3, -0.25) is 4.90 Å². The van der Waals surface area contributed by atoms with E-state index >= 15 is 0 Å². The molecule has 3 heteroatoms. The average Bonchev–Trinajstić information content (AvgIpc) is 2.47. The molecule has 0 aromatic heterocycles. The van der Waals surface area contributed by atoms with Crippen molar-refractivity contribution in [2.24, 2.45) is 0 Å². The van der Waals surface area contributed by atoms with Crippen LogP contribution in [0.4, 0.5) is 0 Å². The Morgan fingerprint density at radius 2 is 1.89 bits per heavy atom. The molecule has 0 amide bonds. The molecule has 0 radical (unpaired) electrons. The number of aliphatic hydroxyl groups excluding tert-OH is 1. The fourth-order valence-corrected chi connectivity index (χ4v) is 2.97. The Morgan fingerprint density at radius 1 is 1.21 bits per heavy atom. The van der Waals surface area contributed by atoms with Crippen LogP contribution in [-0.4, -0.2) is 53.7 Å². The summed E-state index contributed by atoms with van der Waals surface area (Å²) in [7, 11) is 0. The van der Waals surface area contributed by atoms with Gasteiger partial charge in [0.05, 0.1) is 6.61 Å². The van der Waals surface area contributed by atoms with E-state index in [9.17, 15) is 0 Å². The fourth-order valence-electron chi connectivity index (χ4n) is 2.97. The van der Waals surface area contributed by atoms with Gasteiger partial charge in [0.2, 0.25) is 0 Å². The summed E-state index contributed by atoms with van der Waals surface area (Å²) in [6, 6.07) is 11.4. The lowest BCUT2D eigenvalue weighted by Gasteiger charge is -2.38. The highest BCUT2D eigenvalue weighted by atomic mass is 16.3. The molecule has 106 valence electrons. The van der Waals surface area contributed by atoms with Crippen LogP contribution in [-0.2, 0) is 6.54 Å². The Labute approximate surface area is 116 Å². The van der Waals surface area contributed by atoms with Crippen molar-refractivity contribution in [2.45, 2.75) is 32.4 Å². The van der Waals surface area contributed by atoms with Crippen LogP contribution in [0.5, 0.6) is 0 Å². The summed E-state index contributed by atoms with van der Waals surface area (Å²) in [5.41, 5.74) is 1.40. The zero-order chi connectivity index (χ0) is 13.5. The Hall–Kier alpha value is -0.900. The molecule has 1 heterocycles. The summed E-state index contributed by atoms with van der Waals surface area (Å²) in [5, 5.41) is 8.98. The van der Waals surface area contributed by atoms with Crippen molar-refractivity contribution in [1.29, 1.82) is 0 Å². The number of benzene rings is 1. The molecule has 1 saturated heterocycles. The number of likely N-dealkylation sites (tertiary alicyclic amines) is 1. The topological polar surface area (TPSA) is 26.7 Å². The number of β-amino-alcohol motifs (C(OH)–C–C–N with tert-alkyl or cyclic N) is 1. The molecule has 0 spiro atoms. The van der Waals surface area contributed by atoms with Crippen molar-refractivity contribution < 1.29 is 5.11 Å². The normalized spacial score (nSPS) is 18.1. The highest BCUT2D eigenvalue weighted by Gasteiger charge is 2.23. The molecule has 1 aromatic rings. The Bertz CT molecular complexity index is 347. The predicted octanol–water partition coefficient (Wildman–Crippen LogP) is 1.97. The van der Waals surface area contributed by atoms with Crippen molar-refractivity contribution in [3.63, 3.8) is 0 Å². The van der Waals surface area contributed by atoms with Crippen molar-refractivity contribution >= 4 is 0 Å². The van der Waals surface area contributed by atoms with Crippen LogP contribution in [0.3, 0.4) is 0 Å². The number of rotatable bonds is 6. The van der Waals surface area contributed by atoms with Crippen molar-refractivity contribution in [1.82, 2.24) is 9.80 Å². The SMILES string of the molecule is CCN(Cc1ccccc1)C1CCN(CCO)CC1. The van der Waals surface area contributed by atoms with E-state index < -0.39 is 0 Å². The molecule has 1 N–H and O–H groups in total. The molecule has 1 aliphatic rings. The smallest absolute Gasteiger partial charge is 0.0558 e. The van der Waals surface area contributed by atoms with Gasteiger partial charge in [-0.2, -0.15) is 0 Å². The number of nitrogens with zero attached hydrogens (tertiary/aromatic N) is 2. The second-order valence-corrected chi connectivity index (χ2v) is 5.35. The van der Waals surface area contributed by atoms with E-state index in [-0.39, 0.29) is 6.61 Å². The highest BCUT2D eigenvalue weighted by molar-refractivity contribution is 5.14. The Balaban J connectivity index is 1.85. The quantitative estimate of drug-likeness (QED) is 0.849. The first-order valence-electron chi connectivity index (χ1n) is 7.44. The molecule has 1 fully saturated rings. The first kappa shape index (κ1) is 14.5. The molecule has 0 aliphatic carbocycles. The van der Waals surface area contributed by atoms with Crippen LogP contribution >= 0.6 is 0 Å². The third-order valence-electron chi connectivity index (χ3n) is 4.12. The van der Waals surface area contributed by atoms with E-state index in [0.29, 0.717) is 6.04 Å². The minimum atomic E-state index is 0.284. The van der Waals surface area contributed by atoms with Gasteiger partial charge >= 0.3 is 0 Å². The first-order chi connectivity index (χ1) is 9.33. The molecule has 3 nitrogen and oxygen atoms in total. The third kappa shape index (κ3) is 4.30. The van der Waals surface area contributed by atoms with Crippen molar-refractivity contribution in [3.8, 4) is 0 Å². The predicted molar refractivity (Wildman–Crippen MR) is 79.1 cm³/mol. The second kappa shape index (κ2) is 7.63. The van der Waals surface area contributed by atoms with E-state index in [0.717, 1.165) is 32.7 Å². The Morgan fingerprint density at radius 3 is 2.47 bits per heavy atom. The van der Waals surface area contributed by atoms with Gasteiger partial charge in [0.25, 0.3) is 0 Å². The number of aliphatic hydroxyl groups is 1. The van der Waals surface area contributed by atoms with Crippen LogP contribution in [0, 0.1) is 0 Å². The van der Waals surface area contributed by atoms with Crippen molar-refractivity contribution in [2.75, 3.05) is 32.8 Å². The van der Waals surface area contributed by atoms with E-state index in [1.54, 1.807) is 0 Å². The number of piperidine rings is 1. The summed E-state index contributed by atoms with van der Waals surface area (Å²) in [6.07, 6.45) is 2.45. The van der Waals surface area contributed by atoms with Gasteiger partial charge < -0.3 is 10.0 Å². The van der Waals surface area contributed by atoms with Gasteiger partial charge in [0, 0.05) is 19.1 Å². The second-order valence-electron chi connectivity index (χ2n) is 5.35. The van der Waals surface area contributed by atoms with Gasteiger partial charge in [-0.05, 0) is 38.0 Å². The van der Waals surface area contributed by atoms with E-state index in [1.807, 2.05) is 0 Å². The molecule has 1 aromatic carbocycles. The van der Waals surface area contributed by atoms with Crippen molar-refractivity contribution in [3.05, 3.63) is 35.9 Å². The van der Waals surface area contributed by atoms with Gasteiger partial charge in [0.1, 0.15) is 0 Å². The zero-order valence-electron chi connectivity index (χ0n) is 12.0. The maximum absolute atomic E-state index is 8.98.